The van der Waals surface area contributed by atoms with Gasteiger partial charge in [0.1, 0.15) is 0 Å². The smallest absolute Gasteiger partial charge is 0.283 e. The van der Waals surface area contributed by atoms with E-state index in [4.69, 9.17) is 16.8 Å². The van der Waals surface area contributed by atoms with E-state index in [1.54, 1.807) is 31.2 Å². The minimum Gasteiger partial charge on any atom is -0.733 e. The van der Waals surface area contributed by atoms with Crippen LogP contribution in [0.1, 0.15) is 22.8 Å². The Hall–Kier alpha value is -3.00. The predicted molar refractivity (Wildman–Crippen MR) is 97.8 cm³/mol. The number of halogens is 1. The van der Waals surface area contributed by atoms with Crippen molar-refractivity contribution in [3.05, 3.63) is 75.5 Å². The zero-order chi connectivity index (χ0) is 18.8. The number of hydrogen-bond acceptors (Lipinski definition) is 6. The maximum Gasteiger partial charge on any atom is 0.283 e. The van der Waals surface area contributed by atoms with E-state index in [1.165, 1.54) is 30.3 Å². The van der Waals surface area contributed by atoms with Gasteiger partial charge in [-0.15, -0.1) is 0 Å². The molecule has 2 aromatic carbocycles. The molecular formula is C18H13ClN3O4-. The quantitative estimate of drug-likeness (QED) is 0.507. The van der Waals surface area contributed by atoms with Gasteiger partial charge in [-0.1, -0.05) is 23.7 Å². The van der Waals surface area contributed by atoms with E-state index in [0.29, 0.717) is 16.3 Å². The molecular weight excluding hydrogens is 358 g/mol. The molecule has 1 N–H and O–H groups in total. The van der Waals surface area contributed by atoms with Gasteiger partial charge in [0.25, 0.3) is 11.8 Å². The lowest BCUT2D eigenvalue weighted by atomic mass is 10.1. The summed E-state index contributed by atoms with van der Waals surface area (Å²) in [5.74, 6) is -1.14. The normalized spacial score (nSPS) is 15.4. The number of carbonyl (C=O) groups excluding carboxylic acids is 2. The highest BCUT2D eigenvalue weighted by molar-refractivity contribution is 6.31. The second kappa shape index (κ2) is 7.09. The molecule has 0 bridgehead atoms. The maximum absolute atomic E-state index is 12.6. The molecule has 1 aliphatic rings. The average Bonchev–Trinajstić information content (AvgIpc) is 2.90. The standard InChI is InChI=1S/C18H13ClN3O4/c1-11-16(10-12-3-2-4-15(9-12)22(25)26)18(24)21(20-11)17(23)13-5-7-14(19)8-6-13/h2-10,25H,1H3/q-1/b16-10-. The van der Waals surface area contributed by atoms with Crippen LogP contribution in [0.4, 0.5) is 5.69 Å². The van der Waals surface area contributed by atoms with Crippen LogP contribution in [-0.4, -0.2) is 27.7 Å². The summed E-state index contributed by atoms with van der Waals surface area (Å²) in [6.45, 7) is 1.61. The Labute approximate surface area is 153 Å². The third kappa shape index (κ3) is 3.50. The third-order valence-electron chi connectivity index (χ3n) is 3.75. The van der Waals surface area contributed by atoms with Gasteiger partial charge in [0, 0.05) is 10.6 Å². The molecule has 0 fully saturated rings. The van der Waals surface area contributed by atoms with Crippen LogP contribution in [0.25, 0.3) is 6.08 Å². The van der Waals surface area contributed by atoms with Crippen molar-refractivity contribution in [2.75, 3.05) is 5.23 Å². The molecule has 3 rings (SSSR count). The molecule has 0 atom stereocenters. The summed E-state index contributed by atoms with van der Waals surface area (Å²) in [7, 11) is 0. The van der Waals surface area contributed by atoms with Gasteiger partial charge in [-0.05, 0) is 55.0 Å². The summed E-state index contributed by atoms with van der Waals surface area (Å²) in [6.07, 6.45) is 1.50. The molecule has 0 unspecified atom stereocenters. The van der Waals surface area contributed by atoms with Gasteiger partial charge in [-0.3, -0.25) is 14.8 Å². The molecule has 1 aliphatic heterocycles. The van der Waals surface area contributed by atoms with Crippen molar-refractivity contribution < 1.29 is 14.8 Å². The molecule has 26 heavy (non-hydrogen) atoms. The van der Waals surface area contributed by atoms with Crippen molar-refractivity contribution in [2.45, 2.75) is 6.92 Å². The van der Waals surface area contributed by atoms with Crippen molar-refractivity contribution in [3.8, 4) is 0 Å². The molecule has 7 nitrogen and oxygen atoms in total. The highest BCUT2D eigenvalue weighted by Gasteiger charge is 2.32. The van der Waals surface area contributed by atoms with Crippen molar-refractivity contribution in [1.82, 2.24) is 5.01 Å². The van der Waals surface area contributed by atoms with E-state index in [2.05, 4.69) is 5.10 Å². The Morgan fingerprint density at radius 3 is 2.62 bits per heavy atom. The lowest BCUT2D eigenvalue weighted by molar-refractivity contribution is -0.123. The SMILES string of the molecule is CC1=NN(C(=O)c2ccc(Cl)cc2)C(=O)/C1=C\c1cccc(N([O-])O)c1. The first-order valence-corrected chi connectivity index (χ1v) is 7.92. The van der Waals surface area contributed by atoms with Gasteiger partial charge >= 0.3 is 0 Å². The van der Waals surface area contributed by atoms with Crippen LogP contribution in [-0.2, 0) is 4.79 Å². The summed E-state index contributed by atoms with van der Waals surface area (Å²) < 4.78 is 0. The Morgan fingerprint density at radius 2 is 1.96 bits per heavy atom. The number of imide groups is 1. The lowest BCUT2D eigenvalue weighted by Crippen LogP contribution is -2.29. The summed E-state index contributed by atoms with van der Waals surface area (Å²) >= 11 is 5.80. The van der Waals surface area contributed by atoms with Crippen molar-refractivity contribution in [1.29, 1.82) is 0 Å². The van der Waals surface area contributed by atoms with E-state index >= 15 is 0 Å². The van der Waals surface area contributed by atoms with Gasteiger partial charge in [0.15, 0.2) is 0 Å². The first kappa shape index (κ1) is 17.8. The zero-order valence-corrected chi connectivity index (χ0v) is 14.3. The molecule has 0 aromatic heterocycles. The van der Waals surface area contributed by atoms with E-state index in [1.807, 2.05) is 0 Å². The number of rotatable bonds is 3. The molecule has 8 heteroatoms. The first-order chi connectivity index (χ1) is 12.4. The molecule has 0 saturated heterocycles. The monoisotopic (exact) mass is 370 g/mol. The van der Waals surface area contributed by atoms with E-state index < -0.39 is 11.8 Å². The topological polar surface area (TPSA) is 96.3 Å². The average molecular weight is 371 g/mol. The maximum atomic E-state index is 12.6. The molecule has 0 radical (unpaired) electrons. The second-order valence-electron chi connectivity index (χ2n) is 5.54. The number of amides is 2. The molecule has 2 amide bonds. The van der Waals surface area contributed by atoms with Gasteiger partial charge in [0.05, 0.1) is 17.0 Å². The fourth-order valence-corrected chi connectivity index (χ4v) is 2.56. The summed E-state index contributed by atoms with van der Waals surface area (Å²) in [5.41, 5.74) is 1.40. The van der Waals surface area contributed by atoms with E-state index in [9.17, 15) is 14.8 Å². The molecule has 1 heterocycles. The van der Waals surface area contributed by atoms with E-state index in [0.717, 1.165) is 5.01 Å². The third-order valence-corrected chi connectivity index (χ3v) is 4.00. The van der Waals surface area contributed by atoms with Gasteiger partial charge < -0.3 is 10.4 Å². The number of anilines is 1. The minimum atomic E-state index is -0.573. The summed E-state index contributed by atoms with van der Waals surface area (Å²) in [6, 6.07) is 12.2. The second-order valence-corrected chi connectivity index (χ2v) is 5.98. The Morgan fingerprint density at radius 1 is 1.27 bits per heavy atom. The lowest BCUT2D eigenvalue weighted by Gasteiger charge is -2.21. The summed E-state index contributed by atoms with van der Waals surface area (Å²) in [5, 5.41) is 25.0. The Bertz CT molecular complexity index is 936. The molecule has 132 valence electrons. The van der Waals surface area contributed by atoms with Gasteiger partial charge in [-0.2, -0.15) is 10.1 Å². The largest absolute Gasteiger partial charge is 0.733 e. The molecule has 0 spiro atoms. The number of hydrazone groups is 1. The highest BCUT2D eigenvalue weighted by atomic mass is 35.5. The Balaban J connectivity index is 1.89. The molecule has 2 aromatic rings. The van der Waals surface area contributed by atoms with Crippen molar-refractivity contribution in [2.24, 2.45) is 5.10 Å². The molecule has 0 saturated carbocycles. The first-order valence-electron chi connectivity index (χ1n) is 7.54. The van der Waals surface area contributed by atoms with Crippen LogP contribution in [0, 0.1) is 5.21 Å². The van der Waals surface area contributed by atoms with Crippen LogP contribution in [0.5, 0.6) is 0 Å². The van der Waals surface area contributed by atoms with Crippen LogP contribution < -0.4 is 5.23 Å². The summed E-state index contributed by atoms with van der Waals surface area (Å²) in [4.78, 5) is 25.1. The zero-order valence-electron chi connectivity index (χ0n) is 13.6. The van der Waals surface area contributed by atoms with Crippen molar-refractivity contribution in [3.63, 3.8) is 0 Å². The fourth-order valence-electron chi connectivity index (χ4n) is 2.44. The van der Waals surface area contributed by atoms with Crippen molar-refractivity contribution >= 4 is 40.9 Å². The number of benzene rings is 2. The Kier molecular flexibility index (Phi) is 4.85. The number of nitrogens with zero attached hydrogens (tertiary/aromatic N) is 3. The van der Waals surface area contributed by atoms with Crippen LogP contribution in [0.3, 0.4) is 0 Å². The highest BCUT2D eigenvalue weighted by Crippen LogP contribution is 2.23. The van der Waals surface area contributed by atoms with E-state index in [-0.39, 0.29) is 22.1 Å². The predicted octanol–water partition coefficient (Wildman–Crippen LogP) is 3.48. The van der Waals surface area contributed by atoms with Gasteiger partial charge in [0.2, 0.25) is 0 Å². The number of carbonyl (C=O) groups is 2. The van der Waals surface area contributed by atoms with Gasteiger partial charge in [-0.25, -0.2) is 0 Å². The number of hydrogen-bond donors (Lipinski definition) is 1. The van der Waals surface area contributed by atoms with Crippen LogP contribution >= 0.6 is 11.6 Å². The van der Waals surface area contributed by atoms with Crippen LogP contribution in [0.15, 0.2) is 59.2 Å². The minimum absolute atomic E-state index is 0.0217. The van der Waals surface area contributed by atoms with Crippen LogP contribution in [0.2, 0.25) is 5.02 Å². The molecule has 0 aliphatic carbocycles. The fraction of sp³-hybridized carbons (Fsp3) is 0.0556.